The number of carbonyl (C=O) groups excluding carboxylic acids is 3. The number of pyridine rings is 1. The first-order valence-electron chi connectivity index (χ1n) is 12.9. The summed E-state index contributed by atoms with van der Waals surface area (Å²) < 4.78 is 32.3. The minimum atomic E-state index is -1.00. The molecule has 0 unspecified atom stereocenters. The first-order chi connectivity index (χ1) is 19.9. The third-order valence-electron chi connectivity index (χ3n) is 6.63. The van der Waals surface area contributed by atoms with Crippen molar-refractivity contribution in [2.24, 2.45) is 0 Å². The van der Waals surface area contributed by atoms with Crippen LogP contribution in [0, 0.1) is 11.6 Å². The number of halogens is 2. The molecule has 0 spiro atoms. The molecule has 0 saturated carbocycles. The molecule has 2 N–H and O–H groups in total. The van der Waals surface area contributed by atoms with E-state index in [9.17, 15) is 23.2 Å². The van der Waals surface area contributed by atoms with Gasteiger partial charge in [0, 0.05) is 36.1 Å². The van der Waals surface area contributed by atoms with Crippen LogP contribution in [0.1, 0.15) is 33.3 Å². The number of rotatable bonds is 9. The van der Waals surface area contributed by atoms with Crippen molar-refractivity contribution in [2.45, 2.75) is 25.1 Å². The highest BCUT2D eigenvalue weighted by Gasteiger charge is 2.46. The number of nitrogens with zero attached hydrogens (tertiary/aromatic N) is 2. The van der Waals surface area contributed by atoms with Crippen molar-refractivity contribution < 1.29 is 27.9 Å². The van der Waals surface area contributed by atoms with Gasteiger partial charge in [-0.2, -0.15) is 0 Å². The molecule has 1 saturated heterocycles. The molecule has 0 aliphatic carbocycles. The largest absolute Gasteiger partial charge is 0.438 e. The number of hydrogen-bond acceptors (Lipinski definition) is 5. The monoisotopic (exact) mass is 556 g/mol. The quantitative estimate of drug-likeness (QED) is 0.301. The molecule has 10 heteroatoms. The fraction of sp³-hybridized carbons (Fsp3) is 0.161. The van der Waals surface area contributed by atoms with Gasteiger partial charge in [0.2, 0.25) is 5.91 Å². The van der Waals surface area contributed by atoms with Crippen molar-refractivity contribution in [2.75, 3.05) is 11.9 Å². The van der Waals surface area contributed by atoms with E-state index in [-0.39, 0.29) is 6.54 Å². The zero-order valence-electron chi connectivity index (χ0n) is 21.8. The number of cyclic esters (lactones) is 1. The Morgan fingerprint density at radius 3 is 2.22 bits per heavy atom. The van der Waals surface area contributed by atoms with Crippen LogP contribution in [0.5, 0.6) is 0 Å². The number of hydrogen-bond donors (Lipinski definition) is 2. The Kier molecular flexibility index (Phi) is 8.28. The highest BCUT2D eigenvalue weighted by Crippen LogP contribution is 2.34. The third-order valence-corrected chi connectivity index (χ3v) is 6.63. The number of ether oxygens (including phenoxy) is 1. The second kappa shape index (κ2) is 12.4. The van der Waals surface area contributed by atoms with Crippen LogP contribution in [0.4, 0.5) is 19.3 Å². The predicted molar refractivity (Wildman–Crippen MR) is 147 cm³/mol. The standard InChI is InChI=1S/C31H26F2N4O4/c32-23-10-4-20(5-11-23)19-37-27(30(39)35-18-16-25-3-1-2-17-34-25)28(41-31(37)40)21-8-14-26(15-9-21)36-29(38)22-6-12-24(33)13-7-22/h1-15,17,27-28H,16,18-19H2,(H,35,39)(H,36,38)/t27-,28-/m1/s1. The van der Waals surface area contributed by atoms with Crippen LogP contribution in [0.15, 0.2) is 97.2 Å². The van der Waals surface area contributed by atoms with Gasteiger partial charge in [-0.25, -0.2) is 13.6 Å². The van der Waals surface area contributed by atoms with E-state index < -0.39 is 41.7 Å². The van der Waals surface area contributed by atoms with Crippen LogP contribution in [0.25, 0.3) is 0 Å². The number of amides is 3. The van der Waals surface area contributed by atoms with Crippen molar-refractivity contribution >= 4 is 23.6 Å². The van der Waals surface area contributed by atoms with Crippen molar-refractivity contribution in [1.29, 1.82) is 0 Å². The zero-order valence-corrected chi connectivity index (χ0v) is 21.8. The third kappa shape index (κ3) is 6.73. The molecule has 3 aromatic carbocycles. The number of benzene rings is 3. The Hall–Kier alpha value is -5.12. The first-order valence-corrected chi connectivity index (χ1v) is 12.9. The molecule has 3 amide bonds. The highest BCUT2D eigenvalue weighted by molar-refractivity contribution is 6.04. The fourth-order valence-corrected chi connectivity index (χ4v) is 4.52. The molecule has 2 atom stereocenters. The lowest BCUT2D eigenvalue weighted by Gasteiger charge is -2.24. The van der Waals surface area contributed by atoms with E-state index in [2.05, 4.69) is 15.6 Å². The van der Waals surface area contributed by atoms with Crippen LogP contribution in [0.2, 0.25) is 0 Å². The summed E-state index contributed by atoms with van der Waals surface area (Å²) in [6, 6.07) is 21.9. The Balaban J connectivity index is 1.33. The summed E-state index contributed by atoms with van der Waals surface area (Å²) in [5, 5.41) is 5.61. The Labute approximate surface area is 235 Å². The van der Waals surface area contributed by atoms with Crippen LogP contribution < -0.4 is 10.6 Å². The number of nitrogens with one attached hydrogen (secondary N) is 2. The lowest BCUT2D eigenvalue weighted by molar-refractivity contribution is -0.126. The average Bonchev–Trinajstić information content (AvgIpc) is 3.31. The van der Waals surface area contributed by atoms with E-state index in [1.807, 2.05) is 12.1 Å². The zero-order chi connectivity index (χ0) is 28.8. The summed E-state index contributed by atoms with van der Waals surface area (Å²) >= 11 is 0. The molecule has 1 fully saturated rings. The second-order valence-electron chi connectivity index (χ2n) is 9.45. The van der Waals surface area contributed by atoms with Gasteiger partial charge < -0.3 is 15.4 Å². The topological polar surface area (TPSA) is 101 Å². The molecule has 5 rings (SSSR count). The molecule has 1 aliphatic heterocycles. The summed E-state index contributed by atoms with van der Waals surface area (Å²) in [7, 11) is 0. The molecule has 2 heterocycles. The van der Waals surface area contributed by atoms with E-state index in [0.717, 1.165) is 5.69 Å². The van der Waals surface area contributed by atoms with E-state index in [1.54, 1.807) is 48.7 Å². The number of anilines is 1. The van der Waals surface area contributed by atoms with Crippen molar-refractivity contribution in [3.8, 4) is 0 Å². The predicted octanol–water partition coefficient (Wildman–Crippen LogP) is 5.03. The average molecular weight is 557 g/mol. The van der Waals surface area contributed by atoms with Gasteiger partial charge in [0.25, 0.3) is 5.91 Å². The van der Waals surface area contributed by atoms with E-state index in [1.165, 1.54) is 41.3 Å². The first kappa shape index (κ1) is 27.4. The summed E-state index contributed by atoms with van der Waals surface area (Å²) in [6.45, 7) is 0.339. The summed E-state index contributed by atoms with van der Waals surface area (Å²) in [5.41, 5.74) is 2.74. The van der Waals surface area contributed by atoms with Gasteiger partial charge in [-0.1, -0.05) is 30.3 Å². The van der Waals surface area contributed by atoms with Gasteiger partial charge >= 0.3 is 6.09 Å². The molecular weight excluding hydrogens is 530 g/mol. The molecule has 1 aromatic heterocycles. The van der Waals surface area contributed by atoms with Crippen LogP contribution in [-0.2, 0) is 22.5 Å². The summed E-state index contributed by atoms with van der Waals surface area (Å²) in [5.74, 6) is -1.68. The minimum Gasteiger partial charge on any atom is -0.438 e. The van der Waals surface area contributed by atoms with Crippen molar-refractivity contribution in [3.63, 3.8) is 0 Å². The maximum atomic E-state index is 13.5. The van der Waals surface area contributed by atoms with Gasteiger partial charge in [0.1, 0.15) is 11.6 Å². The lowest BCUT2D eigenvalue weighted by Crippen LogP contribution is -2.46. The van der Waals surface area contributed by atoms with E-state index in [0.29, 0.717) is 35.3 Å². The summed E-state index contributed by atoms with van der Waals surface area (Å²) in [4.78, 5) is 44.5. The molecule has 8 nitrogen and oxygen atoms in total. The van der Waals surface area contributed by atoms with E-state index in [4.69, 9.17) is 4.74 Å². The fourth-order valence-electron chi connectivity index (χ4n) is 4.52. The van der Waals surface area contributed by atoms with Crippen molar-refractivity contribution in [1.82, 2.24) is 15.2 Å². The molecular formula is C31H26F2N4O4. The smallest absolute Gasteiger partial charge is 0.411 e. The lowest BCUT2D eigenvalue weighted by atomic mass is 10.00. The van der Waals surface area contributed by atoms with Crippen LogP contribution in [-0.4, -0.2) is 40.4 Å². The number of aromatic nitrogens is 1. The normalized spacial score (nSPS) is 16.2. The van der Waals surface area contributed by atoms with Gasteiger partial charge in [0.05, 0.1) is 6.54 Å². The van der Waals surface area contributed by atoms with Gasteiger partial charge in [-0.3, -0.25) is 19.5 Å². The minimum absolute atomic E-state index is 0.0414. The van der Waals surface area contributed by atoms with Crippen LogP contribution in [0.3, 0.4) is 0 Å². The molecule has 4 aromatic rings. The maximum Gasteiger partial charge on any atom is 0.411 e. The van der Waals surface area contributed by atoms with Crippen molar-refractivity contribution in [3.05, 3.63) is 131 Å². The molecule has 0 bridgehead atoms. The molecule has 0 radical (unpaired) electrons. The van der Waals surface area contributed by atoms with Crippen LogP contribution >= 0.6 is 0 Å². The van der Waals surface area contributed by atoms with Gasteiger partial charge in [0.15, 0.2) is 12.1 Å². The Morgan fingerprint density at radius 2 is 1.56 bits per heavy atom. The number of carbonyl (C=O) groups is 3. The maximum absolute atomic E-state index is 13.5. The van der Waals surface area contributed by atoms with E-state index >= 15 is 0 Å². The molecule has 41 heavy (non-hydrogen) atoms. The Morgan fingerprint density at radius 1 is 0.878 bits per heavy atom. The van der Waals surface area contributed by atoms with Gasteiger partial charge in [-0.05, 0) is 71.8 Å². The molecule has 208 valence electrons. The molecule has 1 aliphatic rings. The summed E-state index contributed by atoms with van der Waals surface area (Å²) in [6.07, 6.45) is 0.559. The Bertz CT molecular complexity index is 1520. The van der Waals surface area contributed by atoms with Gasteiger partial charge in [-0.15, -0.1) is 0 Å². The SMILES string of the molecule is O=C(Nc1ccc([C@H]2OC(=O)N(Cc3ccc(F)cc3)[C@H]2C(=O)NCCc2ccccn2)cc1)c1ccc(F)cc1. The second-order valence-corrected chi connectivity index (χ2v) is 9.45. The highest BCUT2D eigenvalue weighted by atomic mass is 19.1.